The Hall–Kier alpha value is -1.90. The Morgan fingerprint density at radius 1 is 1.39 bits per heavy atom. The summed E-state index contributed by atoms with van der Waals surface area (Å²) in [5, 5.41) is 10.9. The fraction of sp³-hybridized carbons (Fsp3) is 0.429. The molecule has 0 aliphatic carbocycles. The number of nitrogens with one attached hydrogen (secondary N) is 1. The largest absolute Gasteiger partial charge is 0.493 e. The molecule has 0 saturated heterocycles. The molecule has 0 spiro atoms. The van der Waals surface area contributed by atoms with Gasteiger partial charge in [0.2, 0.25) is 6.43 Å². The summed E-state index contributed by atoms with van der Waals surface area (Å²) in [6.45, 7) is 2.14. The zero-order valence-electron chi connectivity index (χ0n) is 12.4. The van der Waals surface area contributed by atoms with Crippen LogP contribution in [0.15, 0.2) is 16.6 Å². The third kappa shape index (κ3) is 5.34. The van der Waals surface area contributed by atoms with E-state index >= 15 is 0 Å². The van der Waals surface area contributed by atoms with E-state index in [2.05, 4.69) is 21.2 Å². The molecular formula is C14H16BrF2NO5. The number of carbonyl (C=O) groups is 2. The van der Waals surface area contributed by atoms with E-state index in [4.69, 9.17) is 14.6 Å². The molecule has 0 fully saturated rings. The van der Waals surface area contributed by atoms with Crippen LogP contribution in [0.4, 0.5) is 8.78 Å². The highest BCUT2D eigenvalue weighted by molar-refractivity contribution is 9.10. The van der Waals surface area contributed by atoms with Crippen LogP contribution in [0.5, 0.6) is 11.5 Å². The first-order valence-corrected chi connectivity index (χ1v) is 7.41. The highest BCUT2D eigenvalue weighted by Crippen LogP contribution is 2.36. The number of halogens is 3. The zero-order valence-corrected chi connectivity index (χ0v) is 14.0. The predicted octanol–water partition coefficient (Wildman–Crippen LogP) is 2.69. The Balaban J connectivity index is 3.03. The molecule has 0 bridgehead atoms. The van der Waals surface area contributed by atoms with E-state index in [1.54, 1.807) is 6.92 Å². The lowest BCUT2D eigenvalue weighted by molar-refractivity contribution is -0.140. The fourth-order valence-electron chi connectivity index (χ4n) is 1.78. The third-order valence-corrected chi connectivity index (χ3v) is 3.39. The SMILES string of the molecule is CCOc1c(Br)cc(C(=O)NC(CC(F)F)C(=O)O)cc1OC. The summed E-state index contributed by atoms with van der Waals surface area (Å²) in [6.07, 6.45) is -3.82. The Bertz CT molecular complexity index is 583. The van der Waals surface area contributed by atoms with Gasteiger partial charge in [-0.1, -0.05) is 0 Å². The number of hydrogen-bond acceptors (Lipinski definition) is 4. The Labute approximate surface area is 139 Å². The molecule has 1 atom stereocenters. The first-order chi connectivity index (χ1) is 10.8. The van der Waals surface area contributed by atoms with E-state index < -0.39 is 30.8 Å². The van der Waals surface area contributed by atoms with Crippen LogP contribution in [0.3, 0.4) is 0 Å². The molecule has 0 aliphatic rings. The number of aliphatic carboxylic acids is 1. The van der Waals surface area contributed by atoms with Gasteiger partial charge < -0.3 is 19.9 Å². The number of rotatable bonds is 8. The average Bonchev–Trinajstić information content (AvgIpc) is 2.47. The molecular weight excluding hydrogens is 380 g/mol. The molecule has 0 saturated carbocycles. The number of benzene rings is 1. The van der Waals surface area contributed by atoms with Crippen LogP contribution in [0.1, 0.15) is 23.7 Å². The first kappa shape index (κ1) is 19.1. The number of amides is 1. The molecule has 1 rings (SSSR count). The third-order valence-electron chi connectivity index (χ3n) is 2.80. The van der Waals surface area contributed by atoms with Crippen molar-refractivity contribution in [3.05, 3.63) is 22.2 Å². The standard InChI is InChI=1S/C14H16BrF2NO5/c1-3-23-12-8(15)4-7(5-10(12)22-2)13(19)18-9(14(20)21)6-11(16)17/h4-5,9,11H,3,6H2,1-2H3,(H,18,19)(H,20,21). The number of methoxy groups -OCH3 is 1. The molecule has 6 nitrogen and oxygen atoms in total. The summed E-state index contributed by atoms with van der Waals surface area (Å²) in [6, 6.07) is 1.05. The van der Waals surface area contributed by atoms with E-state index in [-0.39, 0.29) is 11.3 Å². The minimum atomic E-state index is -2.85. The van der Waals surface area contributed by atoms with Crippen molar-refractivity contribution in [2.75, 3.05) is 13.7 Å². The van der Waals surface area contributed by atoms with Gasteiger partial charge in [0.1, 0.15) is 6.04 Å². The molecule has 0 radical (unpaired) electrons. The van der Waals surface area contributed by atoms with E-state index in [0.29, 0.717) is 16.8 Å². The van der Waals surface area contributed by atoms with Crippen LogP contribution < -0.4 is 14.8 Å². The minimum Gasteiger partial charge on any atom is -0.493 e. The lowest BCUT2D eigenvalue weighted by Gasteiger charge is -2.16. The minimum absolute atomic E-state index is 0.0534. The maximum atomic E-state index is 12.4. The molecule has 0 aliphatic heterocycles. The van der Waals surface area contributed by atoms with Crippen molar-refractivity contribution in [1.29, 1.82) is 0 Å². The molecule has 23 heavy (non-hydrogen) atoms. The Morgan fingerprint density at radius 2 is 2.04 bits per heavy atom. The van der Waals surface area contributed by atoms with Crippen LogP contribution in [-0.2, 0) is 4.79 Å². The number of carboxylic acid groups (broad SMARTS) is 1. The predicted molar refractivity (Wildman–Crippen MR) is 81.4 cm³/mol. The Morgan fingerprint density at radius 3 is 2.52 bits per heavy atom. The van der Waals surface area contributed by atoms with Gasteiger partial charge in [-0.05, 0) is 35.0 Å². The molecule has 0 heterocycles. The van der Waals surface area contributed by atoms with Gasteiger partial charge in [0.05, 0.1) is 18.2 Å². The van der Waals surface area contributed by atoms with Crippen LogP contribution in [0.2, 0.25) is 0 Å². The van der Waals surface area contributed by atoms with Gasteiger partial charge in [0.15, 0.2) is 11.5 Å². The summed E-state index contributed by atoms with van der Waals surface area (Å²) < 4.78 is 35.6. The maximum Gasteiger partial charge on any atom is 0.326 e. The summed E-state index contributed by atoms with van der Waals surface area (Å²) in [5.41, 5.74) is 0.0534. The monoisotopic (exact) mass is 395 g/mol. The number of hydrogen-bond donors (Lipinski definition) is 2. The van der Waals surface area contributed by atoms with Crippen molar-refractivity contribution in [3.8, 4) is 11.5 Å². The molecule has 1 aromatic rings. The Kier molecular flexibility index (Phi) is 7.21. The molecule has 2 N–H and O–H groups in total. The van der Waals surface area contributed by atoms with Crippen molar-refractivity contribution >= 4 is 27.8 Å². The quantitative estimate of drug-likeness (QED) is 0.706. The topological polar surface area (TPSA) is 84.9 Å². The fourth-order valence-corrected chi connectivity index (χ4v) is 2.33. The van der Waals surface area contributed by atoms with E-state index in [1.807, 2.05) is 0 Å². The van der Waals surface area contributed by atoms with Crippen LogP contribution in [0.25, 0.3) is 0 Å². The zero-order chi connectivity index (χ0) is 17.6. The van der Waals surface area contributed by atoms with Crippen molar-refractivity contribution < 1.29 is 33.0 Å². The lowest BCUT2D eigenvalue weighted by atomic mass is 10.1. The second kappa shape index (κ2) is 8.66. The molecule has 9 heteroatoms. The maximum absolute atomic E-state index is 12.4. The average molecular weight is 396 g/mol. The van der Waals surface area contributed by atoms with Crippen molar-refractivity contribution in [1.82, 2.24) is 5.32 Å². The summed E-state index contributed by atoms with van der Waals surface area (Å²) in [7, 11) is 1.38. The van der Waals surface area contributed by atoms with Crippen LogP contribution >= 0.6 is 15.9 Å². The highest BCUT2D eigenvalue weighted by Gasteiger charge is 2.25. The van der Waals surface area contributed by atoms with Gasteiger partial charge in [-0.15, -0.1) is 0 Å². The number of alkyl halides is 2. The molecule has 128 valence electrons. The van der Waals surface area contributed by atoms with Crippen LogP contribution in [0, 0.1) is 0 Å². The smallest absolute Gasteiger partial charge is 0.326 e. The van der Waals surface area contributed by atoms with Crippen molar-refractivity contribution in [2.45, 2.75) is 25.8 Å². The van der Waals surface area contributed by atoms with Gasteiger partial charge in [-0.2, -0.15) is 0 Å². The normalized spacial score (nSPS) is 11.9. The lowest BCUT2D eigenvalue weighted by Crippen LogP contribution is -2.42. The van der Waals surface area contributed by atoms with E-state index in [9.17, 15) is 18.4 Å². The van der Waals surface area contributed by atoms with Crippen molar-refractivity contribution in [3.63, 3.8) is 0 Å². The number of carboxylic acids is 1. The molecule has 1 unspecified atom stereocenters. The summed E-state index contributed by atoms with van der Waals surface area (Å²) in [4.78, 5) is 23.0. The highest BCUT2D eigenvalue weighted by atomic mass is 79.9. The molecule has 1 amide bonds. The van der Waals surface area contributed by atoms with Gasteiger partial charge in [0, 0.05) is 12.0 Å². The number of carbonyl (C=O) groups excluding carboxylic acids is 1. The second-order valence-electron chi connectivity index (χ2n) is 4.41. The van der Waals surface area contributed by atoms with Gasteiger partial charge in [-0.25, -0.2) is 13.6 Å². The molecule has 1 aromatic carbocycles. The summed E-state index contributed by atoms with van der Waals surface area (Å²) >= 11 is 3.22. The van der Waals surface area contributed by atoms with Gasteiger partial charge >= 0.3 is 5.97 Å². The van der Waals surface area contributed by atoms with Crippen LogP contribution in [-0.4, -0.2) is 43.2 Å². The number of ether oxygens (including phenoxy) is 2. The van der Waals surface area contributed by atoms with E-state index in [1.165, 1.54) is 19.2 Å². The summed E-state index contributed by atoms with van der Waals surface area (Å²) in [5.74, 6) is -1.70. The van der Waals surface area contributed by atoms with Gasteiger partial charge in [0.25, 0.3) is 5.91 Å². The second-order valence-corrected chi connectivity index (χ2v) is 5.27. The molecule has 0 aromatic heterocycles. The van der Waals surface area contributed by atoms with Crippen molar-refractivity contribution in [2.24, 2.45) is 0 Å². The first-order valence-electron chi connectivity index (χ1n) is 6.62. The van der Waals surface area contributed by atoms with Gasteiger partial charge in [-0.3, -0.25) is 4.79 Å². The van der Waals surface area contributed by atoms with E-state index in [0.717, 1.165) is 0 Å².